The van der Waals surface area contributed by atoms with Gasteiger partial charge in [0.15, 0.2) is 17.5 Å². The van der Waals surface area contributed by atoms with Crippen LogP contribution in [-0.4, -0.2) is 12.1 Å². The first-order valence-electron chi connectivity index (χ1n) is 5.47. The minimum atomic E-state index is -1.35. The predicted molar refractivity (Wildman–Crippen MR) is 64.5 cm³/mol. The van der Waals surface area contributed by atoms with Gasteiger partial charge in [0.1, 0.15) is 0 Å². The van der Waals surface area contributed by atoms with Crippen LogP contribution in [0, 0.1) is 17.6 Å². The Labute approximate surface area is 108 Å². The van der Waals surface area contributed by atoms with Crippen molar-refractivity contribution in [2.45, 2.75) is 6.61 Å². The number of aromatic nitrogens is 1. The van der Waals surface area contributed by atoms with Crippen molar-refractivity contribution in [3.63, 3.8) is 0 Å². The Balaban J connectivity index is 2.33. The number of anilines is 2. The van der Waals surface area contributed by atoms with E-state index in [4.69, 9.17) is 4.74 Å². The minimum Gasteiger partial charge on any atom is -0.380 e. The monoisotopic (exact) mass is 268 g/mol. The zero-order chi connectivity index (χ0) is 13.8. The van der Waals surface area contributed by atoms with E-state index in [0.717, 1.165) is 5.56 Å². The largest absolute Gasteiger partial charge is 0.380 e. The fourth-order valence-corrected chi connectivity index (χ4v) is 1.58. The Bertz CT molecular complexity index is 590. The predicted octanol–water partition coefficient (Wildman–Crippen LogP) is 3.39. The van der Waals surface area contributed by atoms with Gasteiger partial charge < -0.3 is 10.1 Å². The summed E-state index contributed by atoms with van der Waals surface area (Å²) in [7, 11) is 1.52. The number of pyridine rings is 1. The van der Waals surface area contributed by atoms with E-state index >= 15 is 0 Å². The highest BCUT2D eigenvalue weighted by atomic mass is 19.2. The molecule has 1 N–H and O–H groups in total. The Hall–Kier alpha value is -2.08. The molecule has 2 aromatic rings. The number of para-hydroxylation sites is 1. The molecule has 0 radical (unpaired) electrons. The molecule has 0 aliphatic carbocycles. The summed E-state index contributed by atoms with van der Waals surface area (Å²) in [5.74, 6) is -4.02. The van der Waals surface area contributed by atoms with Gasteiger partial charge in [0.05, 0.1) is 6.61 Å². The molecular formula is C13H11F3N2O. The fourth-order valence-electron chi connectivity index (χ4n) is 1.58. The highest BCUT2D eigenvalue weighted by Gasteiger charge is 2.12. The van der Waals surface area contributed by atoms with Gasteiger partial charge in [-0.25, -0.2) is 8.78 Å². The van der Waals surface area contributed by atoms with Crippen LogP contribution < -0.4 is 5.32 Å². The molecule has 0 unspecified atom stereocenters. The third-order valence-corrected chi connectivity index (χ3v) is 2.46. The Morgan fingerprint density at radius 3 is 2.63 bits per heavy atom. The lowest BCUT2D eigenvalue weighted by Gasteiger charge is -2.11. The zero-order valence-electron chi connectivity index (χ0n) is 10.1. The molecule has 0 spiro atoms. The third kappa shape index (κ3) is 3.03. The van der Waals surface area contributed by atoms with E-state index in [1.165, 1.54) is 7.11 Å². The molecule has 2 rings (SSSR count). The molecular weight excluding hydrogens is 257 g/mol. The summed E-state index contributed by atoms with van der Waals surface area (Å²) in [4.78, 5) is 3.20. The highest BCUT2D eigenvalue weighted by Crippen LogP contribution is 2.23. The van der Waals surface area contributed by atoms with Crippen molar-refractivity contribution in [2.24, 2.45) is 0 Å². The average molecular weight is 268 g/mol. The van der Waals surface area contributed by atoms with Gasteiger partial charge in [0.2, 0.25) is 0 Å². The van der Waals surface area contributed by atoms with Crippen LogP contribution >= 0.6 is 0 Å². The van der Waals surface area contributed by atoms with E-state index in [2.05, 4.69) is 10.3 Å². The summed E-state index contributed by atoms with van der Waals surface area (Å²) in [6.07, 6.45) is 0. The standard InChI is InChI=1S/C13H11F3N2O/c1-19-7-8-4-2-3-5-11(8)17-13-10(15)6-9(14)12(16)18-13/h2-6H,7H2,1H3,(H,17,18). The Kier molecular flexibility index (Phi) is 4.01. The van der Waals surface area contributed by atoms with Crippen LogP contribution in [0.15, 0.2) is 30.3 Å². The lowest BCUT2D eigenvalue weighted by Crippen LogP contribution is -2.04. The first kappa shape index (κ1) is 13.4. The van der Waals surface area contributed by atoms with Gasteiger partial charge >= 0.3 is 0 Å². The van der Waals surface area contributed by atoms with E-state index in [1.807, 2.05) is 0 Å². The number of rotatable bonds is 4. The van der Waals surface area contributed by atoms with Crippen LogP contribution in [0.5, 0.6) is 0 Å². The van der Waals surface area contributed by atoms with Gasteiger partial charge in [-0.15, -0.1) is 0 Å². The quantitative estimate of drug-likeness (QED) is 0.863. The maximum atomic E-state index is 13.5. The summed E-state index contributed by atoms with van der Waals surface area (Å²) < 4.78 is 44.2. The molecule has 6 heteroatoms. The minimum absolute atomic E-state index is 0.300. The molecule has 0 saturated carbocycles. The van der Waals surface area contributed by atoms with Crippen LogP contribution in [0.2, 0.25) is 0 Å². The molecule has 0 aliphatic rings. The first-order valence-corrected chi connectivity index (χ1v) is 5.47. The van der Waals surface area contributed by atoms with Crippen LogP contribution in [0.25, 0.3) is 0 Å². The molecule has 0 fully saturated rings. The number of nitrogens with zero attached hydrogens (tertiary/aromatic N) is 1. The lowest BCUT2D eigenvalue weighted by molar-refractivity contribution is 0.185. The third-order valence-electron chi connectivity index (χ3n) is 2.46. The van der Waals surface area contributed by atoms with E-state index in [-0.39, 0.29) is 5.82 Å². The smallest absolute Gasteiger partial charge is 0.251 e. The van der Waals surface area contributed by atoms with Crippen LogP contribution in [0.4, 0.5) is 24.7 Å². The lowest BCUT2D eigenvalue weighted by atomic mass is 10.2. The van der Waals surface area contributed by atoms with Crippen molar-refractivity contribution in [1.82, 2.24) is 4.98 Å². The molecule has 1 aromatic carbocycles. The van der Waals surface area contributed by atoms with Crippen LogP contribution in [0.1, 0.15) is 5.56 Å². The van der Waals surface area contributed by atoms with E-state index < -0.39 is 17.6 Å². The average Bonchev–Trinajstić information content (AvgIpc) is 2.38. The van der Waals surface area contributed by atoms with Gasteiger partial charge in [0.25, 0.3) is 5.95 Å². The Morgan fingerprint density at radius 1 is 1.16 bits per heavy atom. The summed E-state index contributed by atoms with van der Waals surface area (Å²) in [6.45, 7) is 0.300. The topological polar surface area (TPSA) is 34.1 Å². The van der Waals surface area contributed by atoms with Gasteiger partial charge in [-0.05, 0) is 6.07 Å². The maximum Gasteiger partial charge on any atom is 0.251 e. The molecule has 100 valence electrons. The first-order chi connectivity index (χ1) is 9.11. The molecule has 1 heterocycles. The number of halogens is 3. The number of hydrogen-bond donors (Lipinski definition) is 1. The van der Waals surface area contributed by atoms with Gasteiger partial charge in [-0.3, -0.25) is 0 Å². The van der Waals surface area contributed by atoms with Gasteiger partial charge in [0, 0.05) is 24.4 Å². The zero-order valence-corrected chi connectivity index (χ0v) is 10.1. The summed E-state index contributed by atoms with van der Waals surface area (Å²) >= 11 is 0. The van der Waals surface area contributed by atoms with Gasteiger partial charge in [-0.2, -0.15) is 9.37 Å². The van der Waals surface area contributed by atoms with E-state index in [1.54, 1.807) is 24.3 Å². The number of ether oxygens (including phenoxy) is 1. The molecule has 1 aromatic heterocycles. The number of methoxy groups -OCH3 is 1. The van der Waals surface area contributed by atoms with Crippen molar-refractivity contribution in [3.05, 3.63) is 53.5 Å². The number of nitrogens with one attached hydrogen (secondary N) is 1. The molecule has 0 aliphatic heterocycles. The second kappa shape index (κ2) is 5.71. The number of benzene rings is 1. The molecule has 3 nitrogen and oxygen atoms in total. The fraction of sp³-hybridized carbons (Fsp3) is 0.154. The van der Waals surface area contributed by atoms with Gasteiger partial charge in [-0.1, -0.05) is 18.2 Å². The molecule has 0 bridgehead atoms. The van der Waals surface area contributed by atoms with Crippen molar-refractivity contribution in [3.8, 4) is 0 Å². The SMILES string of the molecule is COCc1ccccc1Nc1nc(F)c(F)cc1F. The maximum absolute atomic E-state index is 13.5. The summed E-state index contributed by atoms with van der Waals surface area (Å²) in [5.41, 5.74) is 1.26. The van der Waals surface area contributed by atoms with E-state index in [9.17, 15) is 13.2 Å². The summed E-state index contributed by atoms with van der Waals surface area (Å²) in [5, 5.41) is 2.62. The van der Waals surface area contributed by atoms with Crippen molar-refractivity contribution >= 4 is 11.5 Å². The molecule has 0 saturated heterocycles. The van der Waals surface area contributed by atoms with Crippen molar-refractivity contribution < 1.29 is 17.9 Å². The summed E-state index contributed by atoms with van der Waals surface area (Å²) in [6, 6.07) is 7.39. The van der Waals surface area contributed by atoms with Crippen LogP contribution in [-0.2, 0) is 11.3 Å². The number of hydrogen-bond acceptors (Lipinski definition) is 3. The molecule has 0 atom stereocenters. The second-order valence-electron chi connectivity index (χ2n) is 3.81. The highest BCUT2D eigenvalue weighted by molar-refractivity contribution is 5.60. The van der Waals surface area contributed by atoms with Crippen LogP contribution in [0.3, 0.4) is 0 Å². The Morgan fingerprint density at radius 2 is 1.89 bits per heavy atom. The van der Waals surface area contributed by atoms with E-state index in [0.29, 0.717) is 18.4 Å². The second-order valence-corrected chi connectivity index (χ2v) is 3.81. The normalized spacial score (nSPS) is 10.5. The molecule has 19 heavy (non-hydrogen) atoms. The van der Waals surface area contributed by atoms with Crippen molar-refractivity contribution in [1.29, 1.82) is 0 Å². The van der Waals surface area contributed by atoms with Crippen molar-refractivity contribution in [2.75, 3.05) is 12.4 Å². The molecule has 0 amide bonds.